The van der Waals surface area contributed by atoms with Crippen LogP contribution in [0, 0.1) is 5.41 Å². The zero-order valence-corrected chi connectivity index (χ0v) is 11.8. The van der Waals surface area contributed by atoms with E-state index >= 15 is 0 Å². The summed E-state index contributed by atoms with van der Waals surface area (Å²) in [6.45, 7) is 3.07. The van der Waals surface area contributed by atoms with Crippen molar-refractivity contribution in [2.24, 2.45) is 5.41 Å². The van der Waals surface area contributed by atoms with Crippen molar-refractivity contribution in [2.45, 2.75) is 26.2 Å². The maximum atomic E-state index is 12.3. The van der Waals surface area contributed by atoms with Gasteiger partial charge in [0.15, 0.2) is 5.75 Å². The number of carbonyl (C=O) groups excluding carboxylic acids is 1. The van der Waals surface area contributed by atoms with Crippen LogP contribution in [0.4, 0.5) is 5.69 Å². The number of carbonyl (C=O) groups is 1. The number of nitrogens with two attached hydrogens (primary N) is 1. The number of benzene rings is 1. The van der Waals surface area contributed by atoms with Crippen LogP contribution >= 0.6 is 0 Å². The normalized spacial score (nSPS) is 15.7. The Morgan fingerprint density at radius 3 is 2.85 bits per heavy atom. The molecule has 0 heterocycles. The highest BCUT2D eigenvalue weighted by Gasteiger charge is 2.42. The molecule has 0 atom stereocenters. The summed E-state index contributed by atoms with van der Waals surface area (Å²) in [5.41, 5.74) is 6.88. The first kappa shape index (κ1) is 14.7. The number of amides is 1. The van der Waals surface area contributed by atoms with Crippen LogP contribution in [0.25, 0.3) is 0 Å². The third kappa shape index (κ3) is 3.22. The Bertz CT molecular complexity index is 484. The summed E-state index contributed by atoms with van der Waals surface area (Å²) in [5, 5.41) is 12.0. The third-order valence-corrected chi connectivity index (χ3v) is 3.80. The van der Waals surface area contributed by atoms with Crippen molar-refractivity contribution in [2.75, 3.05) is 25.5 Å². The summed E-state index contributed by atoms with van der Waals surface area (Å²) in [7, 11) is 0. The molecule has 1 aromatic rings. The molecule has 5 heteroatoms. The molecule has 2 rings (SSSR count). The Morgan fingerprint density at radius 2 is 2.25 bits per heavy atom. The van der Waals surface area contributed by atoms with Gasteiger partial charge >= 0.3 is 0 Å². The molecule has 0 aliphatic heterocycles. The minimum absolute atomic E-state index is 0.0938. The topological polar surface area (TPSA) is 84.6 Å². The number of nitrogen functional groups attached to an aromatic ring is 1. The standard InChI is InChI=1S/C15H22N2O3/c1-2-20-13-11(4-3-5-12(13)16)14(19)17-10-15(6-7-15)8-9-18/h3-5,18H,2,6-10,16H2,1H3,(H,17,19). The van der Waals surface area contributed by atoms with E-state index in [4.69, 9.17) is 15.6 Å². The van der Waals surface area contributed by atoms with Gasteiger partial charge in [-0.1, -0.05) is 6.07 Å². The predicted molar refractivity (Wildman–Crippen MR) is 77.7 cm³/mol. The van der Waals surface area contributed by atoms with Crippen molar-refractivity contribution in [3.63, 3.8) is 0 Å². The van der Waals surface area contributed by atoms with Gasteiger partial charge in [-0.25, -0.2) is 0 Å². The van der Waals surface area contributed by atoms with E-state index in [1.165, 1.54) is 0 Å². The lowest BCUT2D eigenvalue weighted by Gasteiger charge is -2.16. The second-order valence-corrected chi connectivity index (χ2v) is 5.31. The molecule has 1 aliphatic rings. The number of rotatable bonds is 7. The Balaban J connectivity index is 2.04. The predicted octanol–water partition coefficient (Wildman–Crippen LogP) is 1.56. The van der Waals surface area contributed by atoms with Gasteiger partial charge in [-0.05, 0) is 43.7 Å². The highest BCUT2D eigenvalue weighted by molar-refractivity contribution is 5.98. The van der Waals surface area contributed by atoms with Crippen LogP contribution in [0.5, 0.6) is 5.75 Å². The summed E-state index contributed by atoms with van der Waals surface area (Å²) in [4.78, 5) is 12.3. The van der Waals surface area contributed by atoms with Gasteiger partial charge in [-0.3, -0.25) is 4.79 Å². The molecule has 0 aromatic heterocycles. The Hall–Kier alpha value is -1.75. The number of hydrogen-bond donors (Lipinski definition) is 3. The number of aliphatic hydroxyl groups excluding tert-OH is 1. The summed E-state index contributed by atoms with van der Waals surface area (Å²) < 4.78 is 5.46. The van der Waals surface area contributed by atoms with Crippen molar-refractivity contribution in [1.29, 1.82) is 0 Å². The first-order chi connectivity index (χ1) is 9.62. The quantitative estimate of drug-likeness (QED) is 0.661. The Labute approximate surface area is 119 Å². The number of nitrogens with one attached hydrogen (secondary N) is 1. The molecule has 4 N–H and O–H groups in total. The van der Waals surface area contributed by atoms with E-state index in [0.717, 1.165) is 19.3 Å². The molecular formula is C15H22N2O3. The van der Waals surface area contributed by atoms with E-state index in [-0.39, 0.29) is 17.9 Å². The van der Waals surface area contributed by atoms with Gasteiger partial charge < -0.3 is 20.9 Å². The molecule has 0 unspecified atom stereocenters. The molecule has 1 aliphatic carbocycles. The molecular weight excluding hydrogens is 256 g/mol. The summed E-state index contributed by atoms with van der Waals surface area (Å²) in [5.74, 6) is 0.268. The fraction of sp³-hybridized carbons (Fsp3) is 0.533. The number of ether oxygens (including phenoxy) is 1. The van der Waals surface area contributed by atoms with Gasteiger partial charge in [0.2, 0.25) is 0 Å². The van der Waals surface area contributed by atoms with E-state index in [9.17, 15) is 4.79 Å². The second-order valence-electron chi connectivity index (χ2n) is 5.31. The second kappa shape index (κ2) is 6.13. The zero-order chi connectivity index (χ0) is 14.6. The lowest BCUT2D eigenvalue weighted by Crippen LogP contribution is -2.31. The minimum atomic E-state index is -0.176. The summed E-state index contributed by atoms with van der Waals surface area (Å²) in [6.07, 6.45) is 2.86. The van der Waals surface area contributed by atoms with Crippen LogP contribution in [-0.2, 0) is 0 Å². The molecule has 1 fully saturated rings. The molecule has 0 bridgehead atoms. The van der Waals surface area contributed by atoms with Gasteiger partial charge in [-0.15, -0.1) is 0 Å². The smallest absolute Gasteiger partial charge is 0.255 e. The SMILES string of the molecule is CCOc1c(N)cccc1C(=O)NCC1(CCO)CC1. The monoisotopic (exact) mass is 278 g/mol. The molecule has 20 heavy (non-hydrogen) atoms. The first-order valence-corrected chi connectivity index (χ1v) is 7.02. The summed E-state index contributed by atoms with van der Waals surface area (Å²) in [6, 6.07) is 5.17. The van der Waals surface area contributed by atoms with Crippen LogP contribution in [0.2, 0.25) is 0 Å². The lowest BCUT2D eigenvalue weighted by molar-refractivity contribution is 0.0937. The average molecular weight is 278 g/mol. The average Bonchev–Trinajstić information content (AvgIpc) is 3.19. The van der Waals surface area contributed by atoms with Crippen LogP contribution in [-0.4, -0.2) is 30.8 Å². The van der Waals surface area contributed by atoms with E-state index < -0.39 is 0 Å². The van der Waals surface area contributed by atoms with Gasteiger partial charge in [0, 0.05) is 13.2 Å². The number of anilines is 1. The van der Waals surface area contributed by atoms with Gasteiger partial charge in [0.25, 0.3) is 5.91 Å². The van der Waals surface area contributed by atoms with Gasteiger partial charge in [-0.2, -0.15) is 0 Å². The van der Waals surface area contributed by atoms with Crippen LogP contribution in [0.1, 0.15) is 36.5 Å². The third-order valence-electron chi connectivity index (χ3n) is 3.80. The van der Waals surface area contributed by atoms with Crippen molar-refractivity contribution in [3.8, 4) is 5.75 Å². The highest BCUT2D eigenvalue weighted by Crippen LogP contribution is 2.47. The first-order valence-electron chi connectivity index (χ1n) is 7.02. The van der Waals surface area contributed by atoms with E-state index in [2.05, 4.69) is 5.32 Å². The Morgan fingerprint density at radius 1 is 1.50 bits per heavy atom. The van der Waals surface area contributed by atoms with Crippen LogP contribution < -0.4 is 15.8 Å². The molecule has 1 saturated carbocycles. The fourth-order valence-corrected chi connectivity index (χ4v) is 2.33. The van der Waals surface area contributed by atoms with E-state index in [0.29, 0.717) is 30.2 Å². The van der Waals surface area contributed by atoms with Gasteiger partial charge in [0.1, 0.15) is 0 Å². The van der Waals surface area contributed by atoms with Crippen molar-refractivity contribution < 1.29 is 14.6 Å². The maximum Gasteiger partial charge on any atom is 0.255 e. The van der Waals surface area contributed by atoms with Crippen LogP contribution in [0.3, 0.4) is 0 Å². The fourth-order valence-electron chi connectivity index (χ4n) is 2.33. The largest absolute Gasteiger partial charge is 0.491 e. The molecule has 0 radical (unpaired) electrons. The van der Waals surface area contributed by atoms with Crippen LogP contribution in [0.15, 0.2) is 18.2 Å². The van der Waals surface area contributed by atoms with Crippen molar-refractivity contribution in [1.82, 2.24) is 5.32 Å². The molecule has 0 saturated heterocycles. The maximum absolute atomic E-state index is 12.3. The van der Waals surface area contributed by atoms with Gasteiger partial charge in [0.05, 0.1) is 17.9 Å². The molecule has 110 valence electrons. The van der Waals surface area contributed by atoms with Crippen molar-refractivity contribution >= 4 is 11.6 Å². The molecule has 1 aromatic carbocycles. The number of aliphatic hydroxyl groups is 1. The molecule has 1 amide bonds. The molecule has 0 spiro atoms. The molecule has 5 nitrogen and oxygen atoms in total. The van der Waals surface area contributed by atoms with E-state index in [1.54, 1.807) is 18.2 Å². The lowest BCUT2D eigenvalue weighted by atomic mass is 10.0. The Kier molecular flexibility index (Phi) is 4.49. The van der Waals surface area contributed by atoms with Crippen molar-refractivity contribution in [3.05, 3.63) is 23.8 Å². The highest BCUT2D eigenvalue weighted by atomic mass is 16.5. The number of para-hydroxylation sites is 1. The number of hydrogen-bond acceptors (Lipinski definition) is 4. The summed E-state index contributed by atoms with van der Waals surface area (Å²) >= 11 is 0. The van der Waals surface area contributed by atoms with E-state index in [1.807, 2.05) is 6.92 Å². The minimum Gasteiger partial charge on any atom is -0.491 e. The zero-order valence-electron chi connectivity index (χ0n) is 11.8.